The lowest BCUT2D eigenvalue weighted by Gasteiger charge is -2.67. The number of aliphatic hydroxyl groups is 19. The molecule has 504 valence electrons. The maximum Gasteiger partial charge on any atom is 0.187 e. The molecule has 5 aliphatic heterocycles. The summed E-state index contributed by atoms with van der Waals surface area (Å²) in [5.74, 6) is -2.17. The maximum atomic E-state index is 12.6. The summed E-state index contributed by atoms with van der Waals surface area (Å²) in [5, 5.41) is 207. The fourth-order valence-corrected chi connectivity index (χ4v) is 17.6. The van der Waals surface area contributed by atoms with Gasteiger partial charge in [0.05, 0.1) is 63.6 Å². The second kappa shape index (κ2) is 27.3. The number of rotatable bonds is 19. The molecule has 5 saturated heterocycles. The highest BCUT2D eigenvalue weighted by Crippen LogP contribution is 2.70. The summed E-state index contributed by atoms with van der Waals surface area (Å²) < 4.78 is 61.0. The summed E-state index contributed by atoms with van der Waals surface area (Å²) in [6.07, 6.45) is -37.4. The van der Waals surface area contributed by atoms with E-state index in [1.807, 2.05) is 20.8 Å². The first-order chi connectivity index (χ1) is 41.2. The number of hydrogen-bond acceptors (Lipinski definition) is 29. The third-order valence-electron chi connectivity index (χ3n) is 23.0. The van der Waals surface area contributed by atoms with Crippen LogP contribution in [0.3, 0.4) is 0 Å². The molecule has 5 saturated carbocycles. The van der Waals surface area contributed by atoms with E-state index in [9.17, 15) is 97.0 Å². The SMILES string of the molecule is CC(CCC1(O)OC2CC3C(CCC4C3CC(O)C3(C)C(OC5OC(CO)C(OC6CC(CO)C(O)C(OC7OC(CO)C(O)C(O)C7O)C6OC6OC(CO)C(O)C(O)C6O)C(O)C5O)CCCC43C)C2C1C)COC1OC(CO)C(O)C(O)C1O. The van der Waals surface area contributed by atoms with Crippen molar-refractivity contribution in [3.05, 3.63) is 0 Å². The van der Waals surface area contributed by atoms with Crippen LogP contribution in [0, 0.1) is 58.2 Å². The van der Waals surface area contributed by atoms with Crippen LogP contribution in [0.4, 0.5) is 0 Å². The van der Waals surface area contributed by atoms with E-state index in [0.717, 1.165) is 19.3 Å². The topological polar surface area (TPSA) is 477 Å². The molecule has 29 nitrogen and oxygen atoms in total. The Labute approximate surface area is 504 Å². The van der Waals surface area contributed by atoms with Crippen molar-refractivity contribution in [3.8, 4) is 0 Å². The minimum Gasteiger partial charge on any atom is -0.396 e. The molecule has 0 radical (unpaired) electrons. The molecule has 0 aromatic rings. The van der Waals surface area contributed by atoms with Crippen LogP contribution < -0.4 is 0 Å². The summed E-state index contributed by atoms with van der Waals surface area (Å²) in [5.41, 5.74) is -1.41. The highest BCUT2D eigenvalue weighted by Gasteiger charge is 2.70. The van der Waals surface area contributed by atoms with E-state index < -0.39 is 215 Å². The van der Waals surface area contributed by atoms with E-state index in [4.69, 9.17) is 47.4 Å². The molecule has 87 heavy (non-hydrogen) atoms. The molecule has 10 fully saturated rings. The maximum absolute atomic E-state index is 12.6. The second-order valence-electron chi connectivity index (χ2n) is 27.5. The largest absolute Gasteiger partial charge is 0.396 e. The summed E-state index contributed by atoms with van der Waals surface area (Å²) in [7, 11) is 0. The standard InChI is InChI=1S/C58H98O29/c1-21(20-78-52-45(73)41(69)38(66)30(16-60)80-52)9-11-58(77)22(2)36-24-7-8-27-26(25(24)13-28(36)87-58)14-34(64)57(4)35(6-5-10-56(27,57)3)84-53-48(76)44(72)49(33(19-63)83-53)79-29-12-23(15-59)37(65)51(86-55-47(75)43(71)40(68)32(18-62)82-55)50(29)85-54-46(74)42(70)39(67)31(17-61)81-54/h21-55,59-77H,5-20H2,1-4H3. The average Bonchev–Trinajstić information content (AvgIpc) is 1.80. The molecule has 29 heteroatoms. The molecule has 10 rings (SSSR count). The molecule has 5 aliphatic carbocycles. The quantitative estimate of drug-likeness (QED) is 0.0572. The van der Waals surface area contributed by atoms with Gasteiger partial charge < -0.3 is 144 Å². The Balaban J connectivity index is 0.808. The van der Waals surface area contributed by atoms with Crippen LogP contribution in [0.25, 0.3) is 0 Å². The van der Waals surface area contributed by atoms with Crippen molar-refractivity contribution in [1.29, 1.82) is 0 Å². The first-order valence-electron chi connectivity index (χ1n) is 31.4. The molecular weight excluding hydrogens is 1160 g/mol. The summed E-state index contributed by atoms with van der Waals surface area (Å²) in [6.45, 7) is 4.37. The molecule has 0 spiro atoms. The fraction of sp³-hybridized carbons (Fsp3) is 1.00. The van der Waals surface area contributed by atoms with Crippen molar-refractivity contribution < 1.29 is 144 Å². The molecule has 0 aromatic carbocycles. The molecule has 10 aliphatic rings. The van der Waals surface area contributed by atoms with Gasteiger partial charge in [0.2, 0.25) is 0 Å². The average molecular weight is 1260 g/mol. The Kier molecular flexibility index (Phi) is 21.5. The van der Waals surface area contributed by atoms with Crippen LogP contribution >= 0.6 is 0 Å². The first-order valence-corrected chi connectivity index (χ1v) is 31.4. The van der Waals surface area contributed by atoms with E-state index >= 15 is 0 Å². The lowest BCUT2D eigenvalue weighted by atomic mass is 9.40. The first kappa shape index (κ1) is 68.7. The van der Waals surface area contributed by atoms with Crippen molar-refractivity contribution in [3.63, 3.8) is 0 Å². The zero-order valence-corrected chi connectivity index (χ0v) is 49.6. The van der Waals surface area contributed by atoms with Crippen LogP contribution in [0.5, 0.6) is 0 Å². The van der Waals surface area contributed by atoms with Crippen molar-refractivity contribution in [2.24, 2.45) is 58.2 Å². The smallest absolute Gasteiger partial charge is 0.187 e. The second-order valence-corrected chi connectivity index (χ2v) is 27.5. The van der Waals surface area contributed by atoms with Crippen LogP contribution in [-0.2, 0) is 47.4 Å². The van der Waals surface area contributed by atoms with Gasteiger partial charge in [-0.1, -0.05) is 34.1 Å². The normalized spacial score (nSPS) is 55.6. The molecular formula is C58H98O29. The predicted molar refractivity (Wildman–Crippen MR) is 289 cm³/mol. The van der Waals surface area contributed by atoms with Gasteiger partial charge in [-0.05, 0) is 92.3 Å². The molecule has 38 unspecified atom stereocenters. The Morgan fingerprint density at radius 1 is 0.506 bits per heavy atom. The van der Waals surface area contributed by atoms with Crippen molar-refractivity contribution in [2.45, 2.75) is 263 Å². The number of aliphatic hydroxyl groups excluding tert-OH is 18. The highest BCUT2D eigenvalue weighted by molar-refractivity contribution is 5.17. The van der Waals surface area contributed by atoms with Gasteiger partial charge in [-0.25, -0.2) is 0 Å². The zero-order valence-electron chi connectivity index (χ0n) is 49.6. The summed E-state index contributed by atoms with van der Waals surface area (Å²) >= 11 is 0. The Morgan fingerprint density at radius 3 is 1.61 bits per heavy atom. The molecule has 0 amide bonds. The monoisotopic (exact) mass is 1260 g/mol. The van der Waals surface area contributed by atoms with Crippen molar-refractivity contribution >= 4 is 0 Å². The Hall–Kier alpha value is -1.16. The van der Waals surface area contributed by atoms with Gasteiger partial charge >= 0.3 is 0 Å². The van der Waals surface area contributed by atoms with Crippen LogP contribution in [0.1, 0.15) is 91.9 Å². The van der Waals surface area contributed by atoms with E-state index in [2.05, 4.69) is 6.92 Å². The minimum atomic E-state index is -2.03. The zero-order chi connectivity index (χ0) is 63.1. The van der Waals surface area contributed by atoms with Gasteiger partial charge in [-0.15, -0.1) is 0 Å². The van der Waals surface area contributed by atoms with Crippen LogP contribution in [0.15, 0.2) is 0 Å². The van der Waals surface area contributed by atoms with Gasteiger partial charge in [0.1, 0.15) is 110 Å². The predicted octanol–water partition coefficient (Wildman–Crippen LogP) is -6.50. The van der Waals surface area contributed by atoms with E-state index in [0.29, 0.717) is 38.5 Å². The highest BCUT2D eigenvalue weighted by atomic mass is 16.8. The summed E-state index contributed by atoms with van der Waals surface area (Å²) in [4.78, 5) is 0. The summed E-state index contributed by atoms with van der Waals surface area (Å²) in [6, 6.07) is 0. The number of ether oxygens (including phenoxy) is 10. The Morgan fingerprint density at radius 2 is 1.03 bits per heavy atom. The molecule has 38 atom stereocenters. The van der Waals surface area contributed by atoms with Crippen molar-refractivity contribution in [2.75, 3.05) is 39.6 Å². The lowest BCUT2D eigenvalue weighted by molar-refractivity contribution is -0.374. The number of hydrogen-bond donors (Lipinski definition) is 19. The minimum absolute atomic E-state index is 0.0684. The van der Waals surface area contributed by atoms with Crippen LogP contribution in [-0.4, -0.2) is 308 Å². The molecule has 0 aromatic heterocycles. The van der Waals surface area contributed by atoms with Gasteiger partial charge in [0.25, 0.3) is 0 Å². The lowest BCUT2D eigenvalue weighted by Crippen LogP contribution is -2.68. The third kappa shape index (κ3) is 12.3. The molecule has 5 heterocycles. The fourth-order valence-electron chi connectivity index (χ4n) is 17.6. The van der Waals surface area contributed by atoms with Crippen molar-refractivity contribution in [1.82, 2.24) is 0 Å². The third-order valence-corrected chi connectivity index (χ3v) is 23.0. The van der Waals surface area contributed by atoms with Gasteiger partial charge in [0.15, 0.2) is 30.9 Å². The van der Waals surface area contributed by atoms with Gasteiger partial charge in [-0.3, -0.25) is 0 Å². The van der Waals surface area contributed by atoms with Gasteiger partial charge in [0, 0.05) is 30.3 Å². The number of fused-ring (bicyclic) bond motifs is 7. The molecule has 19 N–H and O–H groups in total. The van der Waals surface area contributed by atoms with Gasteiger partial charge in [-0.2, -0.15) is 0 Å². The van der Waals surface area contributed by atoms with E-state index in [-0.39, 0.29) is 60.6 Å². The Bertz CT molecular complexity index is 2220. The molecule has 0 bridgehead atoms. The van der Waals surface area contributed by atoms with E-state index in [1.165, 1.54) is 0 Å². The van der Waals surface area contributed by atoms with Crippen LogP contribution in [0.2, 0.25) is 0 Å². The van der Waals surface area contributed by atoms with E-state index in [1.54, 1.807) is 0 Å².